The highest BCUT2D eigenvalue weighted by atomic mass is 17.1. The number of nitrogens with zero attached hydrogens (tertiary/aromatic N) is 1. The molecule has 166 valence electrons. The first-order valence-corrected chi connectivity index (χ1v) is 10.7. The van der Waals surface area contributed by atoms with Crippen LogP contribution in [0.25, 0.3) is 0 Å². The highest BCUT2D eigenvalue weighted by Gasteiger charge is 2.41. The van der Waals surface area contributed by atoms with E-state index in [1.54, 1.807) is 12.1 Å². The van der Waals surface area contributed by atoms with Crippen LogP contribution in [0.4, 0.5) is 0 Å². The number of phenols is 1. The Kier molecular flexibility index (Phi) is 5.19. The van der Waals surface area contributed by atoms with Crippen LogP contribution < -0.4 is 23.8 Å². The molecular formula is C23H27NO7. The summed E-state index contributed by atoms with van der Waals surface area (Å²) in [6.45, 7) is 4.33. The van der Waals surface area contributed by atoms with Crippen LogP contribution in [0.15, 0.2) is 24.3 Å². The normalized spacial score (nSPS) is 24.9. The number of ether oxygens (including phenoxy) is 4. The van der Waals surface area contributed by atoms with E-state index in [0.29, 0.717) is 11.5 Å². The van der Waals surface area contributed by atoms with Gasteiger partial charge in [0, 0.05) is 36.6 Å². The predicted molar refractivity (Wildman–Crippen MR) is 111 cm³/mol. The van der Waals surface area contributed by atoms with Crippen molar-refractivity contribution in [1.82, 2.24) is 4.90 Å². The van der Waals surface area contributed by atoms with Crippen LogP contribution in [0.5, 0.6) is 34.5 Å². The number of methoxy groups -OCH3 is 1. The van der Waals surface area contributed by atoms with Crippen molar-refractivity contribution in [2.75, 3.05) is 27.0 Å². The molecule has 2 aromatic rings. The number of phenolic OH excluding ortho intramolecular Hbond substituents is 1. The van der Waals surface area contributed by atoms with Gasteiger partial charge in [0.05, 0.1) is 7.11 Å². The van der Waals surface area contributed by atoms with Crippen LogP contribution >= 0.6 is 0 Å². The Bertz CT molecular complexity index is 948. The summed E-state index contributed by atoms with van der Waals surface area (Å²) in [4.78, 5) is 6.84. The zero-order valence-corrected chi connectivity index (χ0v) is 17.7. The second-order valence-electron chi connectivity index (χ2n) is 8.35. The summed E-state index contributed by atoms with van der Waals surface area (Å²) in [5.41, 5.74) is 1.80. The first-order valence-electron chi connectivity index (χ1n) is 10.7. The quantitative estimate of drug-likeness (QED) is 0.558. The van der Waals surface area contributed by atoms with Crippen LogP contribution in [0.2, 0.25) is 0 Å². The third-order valence-corrected chi connectivity index (χ3v) is 6.55. The second kappa shape index (κ2) is 8.01. The maximum Gasteiger partial charge on any atom is 0.231 e. The molecule has 3 unspecified atom stereocenters. The lowest BCUT2D eigenvalue weighted by molar-refractivity contribution is -0.139. The minimum atomic E-state index is -0.244. The van der Waals surface area contributed by atoms with Gasteiger partial charge in [-0.1, -0.05) is 13.3 Å². The van der Waals surface area contributed by atoms with Crippen molar-refractivity contribution in [3.8, 4) is 34.5 Å². The Balaban J connectivity index is 1.64. The number of hydrogen-bond donors (Lipinski definition) is 2. The van der Waals surface area contributed by atoms with E-state index in [1.807, 2.05) is 12.1 Å². The second-order valence-corrected chi connectivity index (χ2v) is 8.35. The molecule has 8 nitrogen and oxygen atoms in total. The zero-order chi connectivity index (χ0) is 21.5. The maximum absolute atomic E-state index is 10.3. The maximum atomic E-state index is 10.3. The van der Waals surface area contributed by atoms with Crippen molar-refractivity contribution in [3.63, 3.8) is 0 Å². The van der Waals surface area contributed by atoms with Gasteiger partial charge in [-0.15, -0.1) is 0 Å². The van der Waals surface area contributed by atoms with Crippen LogP contribution in [-0.4, -0.2) is 48.5 Å². The average Bonchev–Trinajstić information content (AvgIpc) is 3.25. The third kappa shape index (κ3) is 3.40. The summed E-state index contributed by atoms with van der Waals surface area (Å²) in [5.74, 6) is 2.02. The number of rotatable bonds is 4. The van der Waals surface area contributed by atoms with Gasteiger partial charge in [-0.25, -0.2) is 5.26 Å². The summed E-state index contributed by atoms with van der Waals surface area (Å²) in [6, 6.07) is 7.29. The van der Waals surface area contributed by atoms with E-state index in [4.69, 9.17) is 18.9 Å². The van der Waals surface area contributed by atoms with Crippen molar-refractivity contribution in [1.29, 1.82) is 0 Å². The molecule has 5 rings (SSSR count). The molecule has 31 heavy (non-hydrogen) atoms. The van der Waals surface area contributed by atoms with Crippen molar-refractivity contribution >= 4 is 0 Å². The number of fused-ring (bicyclic) bond motifs is 2. The molecule has 3 aliphatic heterocycles. The molecule has 0 spiro atoms. The Hall–Kier alpha value is -2.84. The monoisotopic (exact) mass is 429 g/mol. The van der Waals surface area contributed by atoms with Gasteiger partial charge in [0.1, 0.15) is 5.75 Å². The Morgan fingerprint density at radius 1 is 0.968 bits per heavy atom. The first-order chi connectivity index (χ1) is 15.1. The highest BCUT2D eigenvalue weighted by Crippen LogP contribution is 2.51. The van der Waals surface area contributed by atoms with E-state index >= 15 is 0 Å². The van der Waals surface area contributed by atoms with Gasteiger partial charge in [0.2, 0.25) is 18.3 Å². The standard InChI is InChI=1S/C23H27NO7/c1-13-21(14-8-19(27-2)22(25)20(9-14)31-26)15-10-17-18(29-12-28-17)11-16(15)30-23(13)24-6-4-3-5-7-24/h8-11,13,21,23,25-26H,3-7,12H2,1-2H3. The topological polar surface area (TPSA) is 89.9 Å². The Morgan fingerprint density at radius 3 is 2.39 bits per heavy atom. The molecule has 8 heteroatoms. The molecule has 0 amide bonds. The van der Waals surface area contributed by atoms with Crippen molar-refractivity contribution in [2.45, 2.75) is 38.3 Å². The molecule has 2 N–H and O–H groups in total. The first kappa shape index (κ1) is 20.1. The van der Waals surface area contributed by atoms with Crippen LogP contribution in [0, 0.1) is 5.92 Å². The molecule has 0 aliphatic carbocycles. The average molecular weight is 429 g/mol. The number of benzene rings is 2. The summed E-state index contributed by atoms with van der Waals surface area (Å²) in [7, 11) is 1.47. The zero-order valence-electron chi connectivity index (χ0n) is 17.7. The van der Waals surface area contributed by atoms with Gasteiger partial charge in [-0.2, -0.15) is 0 Å². The van der Waals surface area contributed by atoms with Gasteiger partial charge >= 0.3 is 0 Å². The summed E-state index contributed by atoms with van der Waals surface area (Å²) in [6.07, 6.45) is 3.43. The van der Waals surface area contributed by atoms with E-state index in [9.17, 15) is 10.4 Å². The largest absolute Gasteiger partial charge is 0.502 e. The molecule has 1 saturated heterocycles. The molecule has 3 heterocycles. The molecule has 1 fully saturated rings. The summed E-state index contributed by atoms with van der Waals surface area (Å²) >= 11 is 0. The number of piperidine rings is 1. The number of aromatic hydroxyl groups is 1. The fourth-order valence-electron chi connectivity index (χ4n) is 5.04. The number of likely N-dealkylation sites (tertiary alicyclic amines) is 1. The van der Waals surface area contributed by atoms with Gasteiger partial charge in [-0.05, 0) is 36.6 Å². The van der Waals surface area contributed by atoms with Gasteiger partial charge in [-0.3, -0.25) is 4.90 Å². The fourth-order valence-corrected chi connectivity index (χ4v) is 5.04. The SMILES string of the molecule is COc1cc(C2c3cc4c(cc3OC(N3CCCCC3)C2C)OCO4)cc(OO)c1O. The minimum Gasteiger partial charge on any atom is -0.502 e. The number of hydrogen-bond acceptors (Lipinski definition) is 8. The van der Waals surface area contributed by atoms with Crippen molar-refractivity contribution in [2.24, 2.45) is 5.92 Å². The highest BCUT2D eigenvalue weighted by molar-refractivity contribution is 5.59. The van der Waals surface area contributed by atoms with Gasteiger partial charge in [0.25, 0.3) is 0 Å². The molecule has 0 saturated carbocycles. The lowest BCUT2D eigenvalue weighted by Gasteiger charge is -2.44. The molecular weight excluding hydrogens is 402 g/mol. The molecule has 2 aromatic carbocycles. The molecule has 3 atom stereocenters. The van der Waals surface area contributed by atoms with Gasteiger partial charge in [0.15, 0.2) is 23.5 Å². The smallest absolute Gasteiger partial charge is 0.231 e. The fraction of sp³-hybridized carbons (Fsp3) is 0.478. The lowest BCUT2D eigenvalue weighted by Crippen LogP contribution is -2.50. The lowest BCUT2D eigenvalue weighted by atomic mass is 9.77. The summed E-state index contributed by atoms with van der Waals surface area (Å²) in [5, 5.41) is 19.6. The van der Waals surface area contributed by atoms with Gasteiger partial charge < -0.3 is 28.9 Å². The Morgan fingerprint density at radius 2 is 1.68 bits per heavy atom. The van der Waals surface area contributed by atoms with Crippen LogP contribution in [0.3, 0.4) is 0 Å². The molecule has 0 radical (unpaired) electrons. The van der Waals surface area contributed by atoms with E-state index in [-0.39, 0.29) is 42.1 Å². The van der Waals surface area contributed by atoms with Crippen molar-refractivity contribution in [3.05, 3.63) is 35.4 Å². The van der Waals surface area contributed by atoms with Crippen LogP contribution in [-0.2, 0) is 0 Å². The third-order valence-electron chi connectivity index (χ3n) is 6.55. The van der Waals surface area contributed by atoms with E-state index in [2.05, 4.69) is 16.7 Å². The molecule has 3 aliphatic rings. The predicted octanol–water partition coefficient (Wildman–Crippen LogP) is 3.95. The minimum absolute atomic E-state index is 0.0511. The van der Waals surface area contributed by atoms with E-state index in [0.717, 1.165) is 42.8 Å². The molecule has 0 bridgehead atoms. The Labute approximate surface area is 180 Å². The van der Waals surface area contributed by atoms with E-state index < -0.39 is 0 Å². The van der Waals surface area contributed by atoms with Crippen molar-refractivity contribution < 1.29 is 34.2 Å². The molecule has 0 aromatic heterocycles. The van der Waals surface area contributed by atoms with E-state index in [1.165, 1.54) is 13.5 Å². The van der Waals surface area contributed by atoms with Crippen LogP contribution in [0.1, 0.15) is 43.2 Å². The summed E-state index contributed by atoms with van der Waals surface area (Å²) < 4.78 is 23.1.